The van der Waals surface area contributed by atoms with Crippen molar-refractivity contribution in [2.24, 2.45) is 10.7 Å². The fourth-order valence-electron chi connectivity index (χ4n) is 2.55. The van der Waals surface area contributed by atoms with E-state index in [1.54, 1.807) is 6.07 Å². The smallest absolute Gasteiger partial charge is 0.248 e. The first-order valence-electron chi connectivity index (χ1n) is 6.09. The molecule has 3 rings (SSSR count). The van der Waals surface area contributed by atoms with Crippen LogP contribution in [0.4, 0.5) is 0 Å². The molecule has 0 aromatic heterocycles. The Morgan fingerprint density at radius 2 is 2.39 bits per heavy atom. The molecule has 0 bridgehead atoms. The summed E-state index contributed by atoms with van der Waals surface area (Å²) in [5.74, 6) is 0.478. The first kappa shape index (κ1) is 11.2. The lowest BCUT2D eigenvalue weighted by Gasteiger charge is -2.27. The number of amidine groups is 1. The molecule has 0 saturated carbocycles. The topological polar surface area (TPSA) is 76.7 Å². The van der Waals surface area contributed by atoms with Crippen LogP contribution in [0.1, 0.15) is 27.6 Å². The van der Waals surface area contributed by atoms with Gasteiger partial charge in [0.1, 0.15) is 11.9 Å². The minimum atomic E-state index is -0.381. The Morgan fingerprint density at radius 1 is 1.50 bits per heavy atom. The summed E-state index contributed by atoms with van der Waals surface area (Å²) >= 11 is 0. The number of rotatable bonds is 2. The molecule has 1 amide bonds. The summed E-state index contributed by atoms with van der Waals surface area (Å²) in [6, 6.07) is 5.59. The number of nitrogens with zero attached hydrogens (tertiary/aromatic N) is 1. The van der Waals surface area contributed by atoms with Crippen LogP contribution >= 0.6 is 0 Å². The molecule has 1 unspecified atom stereocenters. The average Bonchev–Trinajstić information content (AvgIpc) is 2.91. The second-order valence-corrected chi connectivity index (χ2v) is 4.43. The fraction of sp³-hybridized carbons (Fsp3) is 0.385. The number of carbonyl (C=O) groups excluding carboxylic acids is 1. The van der Waals surface area contributed by atoms with Gasteiger partial charge in [-0.3, -0.25) is 9.79 Å². The summed E-state index contributed by atoms with van der Waals surface area (Å²) in [6.45, 7) is 2.21. The molecule has 0 radical (unpaired) electrons. The zero-order valence-electron chi connectivity index (χ0n) is 9.98. The molecule has 3 N–H and O–H groups in total. The summed E-state index contributed by atoms with van der Waals surface area (Å²) in [4.78, 5) is 15.8. The molecule has 1 aromatic rings. The molecule has 0 aliphatic carbocycles. The minimum absolute atomic E-state index is 0.185. The quantitative estimate of drug-likeness (QED) is 0.792. The van der Waals surface area contributed by atoms with Crippen LogP contribution in [-0.2, 0) is 11.2 Å². The number of fused-ring (bicyclic) bond motifs is 1. The standard InChI is InChI=1S/C13H15N3O2/c14-12(17)10-3-1-2-9-8(10)4-7-18-11(9)13-15-5-6-16-13/h1-3,11H,4-7H2,(H2,14,17)(H,15,16). The molecule has 2 aliphatic heterocycles. The number of hydrogen-bond donors (Lipinski definition) is 2. The highest BCUT2D eigenvalue weighted by Crippen LogP contribution is 2.30. The first-order chi connectivity index (χ1) is 8.77. The number of hydrogen-bond acceptors (Lipinski definition) is 4. The number of nitrogens with one attached hydrogen (secondary N) is 1. The van der Waals surface area contributed by atoms with Crippen LogP contribution < -0.4 is 11.1 Å². The van der Waals surface area contributed by atoms with E-state index >= 15 is 0 Å². The summed E-state index contributed by atoms with van der Waals surface area (Å²) in [5.41, 5.74) is 8.01. The highest BCUT2D eigenvalue weighted by atomic mass is 16.5. The Bertz CT molecular complexity index is 525. The summed E-state index contributed by atoms with van der Waals surface area (Å²) in [7, 11) is 0. The third-order valence-electron chi connectivity index (χ3n) is 3.35. The summed E-state index contributed by atoms with van der Waals surface area (Å²) < 4.78 is 5.78. The maximum Gasteiger partial charge on any atom is 0.248 e. The van der Waals surface area contributed by atoms with Gasteiger partial charge in [0.05, 0.1) is 13.2 Å². The lowest BCUT2D eigenvalue weighted by Crippen LogP contribution is -2.32. The van der Waals surface area contributed by atoms with Gasteiger partial charge in [-0.05, 0) is 23.6 Å². The molecule has 0 fully saturated rings. The predicted molar refractivity (Wildman–Crippen MR) is 67.7 cm³/mol. The molecular formula is C13H15N3O2. The lowest BCUT2D eigenvalue weighted by atomic mass is 9.92. The van der Waals surface area contributed by atoms with Crippen LogP contribution in [0, 0.1) is 0 Å². The van der Waals surface area contributed by atoms with Gasteiger partial charge in [0.25, 0.3) is 0 Å². The Hall–Kier alpha value is -1.88. The van der Waals surface area contributed by atoms with E-state index in [1.165, 1.54) is 0 Å². The molecule has 18 heavy (non-hydrogen) atoms. The molecule has 1 aromatic carbocycles. The molecule has 5 heteroatoms. The molecule has 94 valence electrons. The van der Waals surface area contributed by atoms with E-state index in [0.29, 0.717) is 12.2 Å². The molecule has 0 saturated heterocycles. The van der Waals surface area contributed by atoms with E-state index in [2.05, 4.69) is 10.3 Å². The molecule has 2 heterocycles. The van der Waals surface area contributed by atoms with Crippen LogP contribution in [0.25, 0.3) is 0 Å². The van der Waals surface area contributed by atoms with E-state index in [0.717, 1.165) is 36.5 Å². The van der Waals surface area contributed by atoms with Crippen molar-refractivity contribution in [2.45, 2.75) is 12.5 Å². The van der Waals surface area contributed by atoms with Crippen LogP contribution in [0.15, 0.2) is 23.2 Å². The SMILES string of the molecule is NC(=O)c1cccc2c1CCOC2C1=NCCN1. The van der Waals surface area contributed by atoms with E-state index in [4.69, 9.17) is 10.5 Å². The summed E-state index contributed by atoms with van der Waals surface area (Å²) in [5, 5.41) is 3.22. The van der Waals surface area contributed by atoms with Gasteiger partial charge in [0.2, 0.25) is 5.91 Å². The van der Waals surface area contributed by atoms with Crippen molar-refractivity contribution in [3.8, 4) is 0 Å². The summed E-state index contributed by atoms with van der Waals surface area (Å²) in [6.07, 6.45) is 0.536. The van der Waals surface area contributed by atoms with Crippen molar-refractivity contribution in [1.82, 2.24) is 5.32 Å². The van der Waals surface area contributed by atoms with Gasteiger partial charge in [-0.1, -0.05) is 12.1 Å². The zero-order chi connectivity index (χ0) is 12.5. The van der Waals surface area contributed by atoms with E-state index in [9.17, 15) is 4.79 Å². The van der Waals surface area contributed by atoms with Crippen molar-refractivity contribution in [2.75, 3.05) is 19.7 Å². The molecule has 1 atom stereocenters. The van der Waals surface area contributed by atoms with Crippen LogP contribution in [0.2, 0.25) is 0 Å². The van der Waals surface area contributed by atoms with Gasteiger partial charge in [0.15, 0.2) is 0 Å². The van der Waals surface area contributed by atoms with Gasteiger partial charge in [0, 0.05) is 12.1 Å². The fourth-order valence-corrected chi connectivity index (χ4v) is 2.55. The Kier molecular flexibility index (Phi) is 2.76. The molecule has 0 spiro atoms. The number of nitrogens with two attached hydrogens (primary N) is 1. The van der Waals surface area contributed by atoms with Crippen molar-refractivity contribution in [3.63, 3.8) is 0 Å². The number of primary amides is 1. The normalized spacial score (nSPS) is 22.0. The molecular weight excluding hydrogens is 230 g/mol. The van der Waals surface area contributed by atoms with Crippen molar-refractivity contribution in [1.29, 1.82) is 0 Å². The Morgan fingerprint density at radius 3 is 3.11 bits per heavy atom. The van der Waals surface area contributed by atoms with Crippen LogP contribution in [0.3, 0.4) is 0 Å². The number of amides is 1. The minimum Gasteiger partial charge on any atom is -0.369 e. The molecule has 2 aliphatic rings. The van der Waals surface area contributed by atoms with E-state index in [1.807, 2.05) is 12.1 Å². The lowest BCUT2D eigenvalue weighted by molar-refractivity contribution is 0.0849. The maximum atomic E-state index is 11.4. The predicted octanol–water partition coefficient (Wildman–Crippen LogP) is 0.401. The number of benzene rings is 1. The van der Waals surface area contributed by atoms with Gasteiger partial charge >= 0.3 is 0 Å². The number of ether oxygens (including phenoxy) is 1. The zero-order valence-corrected chi connectivity index (χ0v) is 9.98. The number of aliphatic imine (C=N–C) groups is 1. The monoisotopic (exact) mass is 245 g/mol. The second kappa shape index (κ2) is 4.42. The van der Waals surface area contributed by atoms with Crippen molar-refractivity contribution < 1.29 is 9.53 Å². The first-order valence-corrected chi connectivity index (χ1v) is 6.09. The van der Waals surface area contributed by atoms with Gasteiger partial charge in [-0.15, -0.1) is 0 Å². The van der Waals surface area contributed by atoms with Gasteiger partial charge in [-0.2, -0.15) is 0 Å². The van der Waals surface area contributed by atoms with Crippen molar-refractivity contribution in [3.05, 3.63) is 34.9 Å². The highest BCUT2D eigenvalue weighted by molar-refractivity contribution is 5.96. The van der Waals surface area contributed by atoms with E-state index in [-0.39, 0.29) is 12.0 Å². The highest BCUT2D eigenvalue weighted by Gasteiger charge is 2.29. The third kappa shape index (κ3) is 1.76. The van der Waals surface area contributed by atoms with Crippen LogP contribution in [-0.4, -0.2) is 31.4 Å². The Labute approximate surface area is 105 Å². The van der Waals surface area contributed by atoms with Crippen molar-refractivity contribution >= 4 is 11.7 Å². The maximum absolute atomic E-state index is 11.4. The van der Waals surface area contributed by atoms with Crippen LogP contribution in [0.5, 0.6) is 0 Å². The Balaban J connectivity index is 2.05. The van der Waals surface area contributed by atoms with Gasteiger partial charge in [-0.25, -0.2) is 0 Å². The largest absolute Gasteiger partial charge is 0.369 e. The number of carbonyl (C=O) groups is 1. The second-order valence-electron chi connectivity index (χ2n) is 4.43. The average molecular weight is 245 g/mol. The third-order valence-corrected chi connectivity index (χ3v) is 3.35. The van der Waals surface area contributed by atoms with Gasteiger partial charge < -0.3 is 15.8 Å². The van der Waals surface area contributed by atoms with E-state index < -0.39 is 0 Å². The molecule has 5 nitrogen and oxygen atoms in total.